The maximum atomic E-state index is 11.0. The molecule has 0 saturated heterocycles. The number of carboxylic acids is 1. The Morgan fingerprint density at radius 3 is 2.06 bits per heavy atom. The molecule has 0 aliphatic heterocycles. The van der Waals surface area contributed by atoms with E-state index in [4.69, 9.17) is 9.84 Å². The Morgan fingerprint density at radius 2 is 1.67 bits per heavy atom. The molecule has 0 bridgehead atoms. The van der Waals surface area contributed by atoms with Gasteiger partial charge in [-0.05, 0) is 43.4 Å². The number of aliphatic carboxylic acids is 1. The molecule has 0 aliphatic rings. The summed E-state index contributed by atoms with van der Waals surface area (Å²) in [5, 5.41) is 9.00. The summed E-state index contributed by atoms with van der Waals surface area (Å²) >= 11 is 0. The molecule has 1 N–H and O–H groups in total. The lowest BCUT2D eigenvalue weighted by atomic mass is 9.82. The lowest BCUT2D eigenvalue weighted by molar-refractivity contribution is -0.152. The third-order valence-electron chi connectivity index (χ3n) is 3.41. The van der Waals surface area contributed by atoms with Gasteiger partial charge in [0, 0.05) is 0 Å². The molecule has 0 amide bonds. The van der Waals surface area contributed by atoms with Crippen molar-refractivity contribution in [2.75, 3.05) is 0 Å². The molecule has 3 heteroatoms. The number of rotatable bonds is 5. The van der Waals surface area contributed by atoms with Gasteiger partial charge in [-0.25, -0.2) is 4.79 Å². The quantitative estimate of drug-likeness (QED) is 0.868. The van der Waals surface area contributed by atoms with Gasteiger partial charge in [-0.1, -0.05) is 32.9 Å². The molecule has 0 saturated carbocycles. The largest absolute Gasteiger partial charge is 0.478 e. The lowest BCUT2D eigenvalue weighted by Gasteiger charge is -2.25. The molecular weight excluding hydrogens is 228 g/mol. The van der Waals surface area contributed by atoms with Gasteiger partial charge in [0.05, 0.1) is 0 Å². The first-order valence-electron chi connectivity index (χ1n) is 6.22. The second-order valence-corrected chi connectivity index (χ2v) is 5.68. The first-order valence-corrected chi connectivity index (χ1v) is 6.22. The molecule has 1 rings (SSSR count). The number of carboxylic acid groups (broad SMARTS) is 1. The molecule has 1 aromatic rings. The lowest BCUT2D eigenvalue weighted by Crippen LogP contribution is -2.37. The summed E-state index contributed by atoms with van der Waals surface area (Å²) in [5.41, 5.74) is 0.147. The van der Waals surface area contributed by atoms with Gasteiger partial charge in [-0.15, -0.1) is 0 Å². The minimum Gasteiger partial charge on any atom is -0.478 e. The molecule has 0 spiro atoms. The summed E-state index contributed by atoms with van der Waals surface area (Å²) in [6, 6.07) is 7.66. The van der Waals surface area contributed by atoms with Crippen molar-refractivity contribution in [1.82, 2.24) is 0 Å². The first kappa shape index (κ1) is 14.6. The fourth-order valence-corrected chi connectivity index (χ4v) is 1.52. The third-order valence-corrected chi connectivity index (χ3v) is 3.41. The summed E-state index contributed by atoms with van der Waals surface area (Å²) in [7, 11) is 0. The molecular formula is C15H22O3. The summed E-state index contributed by atoms with van der Waals surface area (Å²) in [4.78, 5) is 11.0. The topological polar surface area (TPSA) is 46.5 Å². The average molecular weight is 250 g/mol. The Morgan fingerprint density at radius 1 is 1.17 bits per heavy atom. The minimum absolute atomic E-state index is 0.126. The van der Waals surface area contributed by atoms with Gasteiger partial charge in [0.25, 0.3) is 0 Å². The molecule has 0 radical (unpaired) electrons. The zero-order valence-corrected chi connectivity index (χ0v) is 11.8. The second kappa shape index (κ2) is 5.01. The Bertz CT molecular complexity index is 416. The highest BCUT2D eigenvalue weighted by Crippen LogP contribution is 2.29. The molecule has 0 fully saturated rings. The molecule has 0 aliphatic carbocycles. The molecule has 3 nitrogen and oxygen atoms in total. The predicted octanol–water partition coefficient (Wildman–Crippen LogP) is 3.62. The standard InChI is InChI=1S/C15H22O3/c1-6-14(2,3)11-7-9-12(10-8-11)18-15(4,5)13(16)17/h7-10H,6H2,1-5H3,(H,16,17). The fourth-order valence-electron chi connectivity index (χ4n) is 1.52. The van der Waals surface area contributed by atoms with Crippen LogP contribution in [0.5, 0.6) is 5.75 Å². The highest BCUT2D eigenvalue weighted by Gasteiger charge is 2.29. The van der Waals surface area contributed by atoms with Crippen LogP contribution in [0.25, 0.3) is 0 Å². The first-order chi connectivity index (χ1) is 8.19. The fraction of sp³-hybridized carbons (Fsp3) is 0.533. The van der Waals surface area contributed by atoms with Crippen LogP contribution < -0.4 is 4.74 Å². The maximum absolute atomic E-state index is 11.0. The van der Waals surface area contributed by atoms with E-state index in [0.717, 1.165) is 6.42 Å². The molecule has 100 valence electrons. The van der Waals surface area contributed by atoms with Crippen LogP contribution in [0.3, 0.4) is 0 Å². The number of ether oxygens (including phenoxy) is 1. The van der Waals surface area contributed by atoms with Crippen molar-refractivity contribution < 1.29 is 14.6 Å². The van der Waals surface area contributed by atoms with E-state index in [2.05, 4.69) is 20.8 Å². The van der Waals surface area contributed by atoms with E-state index in [1.54, 1.807) is 13.8 Å². The Labute approximate surface area is 109 Å². The normalized spacial score (nSPS) is 12.3. The van der Waals surface area contributed by atoms with Crippen LogP contribution in [0.1, 0.15) is 46.6 Å². The van der Waals surface area contributed by atoms with Gasteiger partial charge in [-0.3, -0.25) is 0 Å². The van der Waals surface area contributed by atoms with Crippen LogP contribution in [0.2, 0.25) is 0 Å². The van der Waals surface area contributed by atoms with Crippen LogP contribution in [-0.2, 0) is 10.2 Å². The molecule has 18 heavy (non-hydrogen) atoms. The van der Waals surface area contributed by atoms with E-state index >= 15 is 0 Å². The molecule has 0 aromatic heterocycles. The summed E-state index contributed by atoms with van der Waals surface area (Å²) in [6.07, 6.45) is 1.05. The number of hydrogen-bond acceptors (Lipinski definition) is 2. The number of hydrogen-bond donors (Lipinski definition) is 1. The Balaban J connectivity index is 2.88. The summed E-state index contributed by atoms with van der Waals surface area (Å²) < 4.78 is 5.47. The smallest absolute Gasteiger partial charge is 0.347 e. The average Bonchev–Trinajstić information content (AvgIpc) is 2.29. The van der Waals surface area contributed by atoms with E-state index < -0.39 is 11.6 Å². The second-order valence-electron chi connectivity index (χ2n) is 5.68. The van der Waals surface area contributed by atoms with Crippen molar-refractivity contribution in [3.8, 4) is 5.75 Å². The van der Waals surface area contributed by atoms with Crippen molar-refractivity contribution >= 4 is 5.97 Å². The van der Waals surface area contributed by atoms with Crippen LogP contribution in [0.15, 0.2) is 24.3 Å². The van der Waals surface area contributed by atoms with E-state index in [1.807, 2.05) is 24.3 Å². The Hall–Kier alpha value is -1.51. The molecule has 0 atom stereocenters. The van der Waals surface area contributed by atoms with Gasteiger partial charge in [0.1, 0.15) is 5.75 Å². The Kier molecular flexibility index (Phi) is 4.05. The van der Waals surface area contributed by atoms with Gasteiger partial charge in [0.2, 0.25) is 0 Å². The zero-order valence-electron chi connectivity index (χ0n) is 11.8. The van der Waals surface area contributed by atoms with Gasteiger partial charge in [0.15, 0.2) is 5.60 Å². The van der Waals surface area contributed by atoms with Gasteiger partial charge in [-0.2, -0.15) is 0 Å². The number of carbonyl (C=O) groups is 1. The minimum atomic E-state index is -1.21. The van der Waals surface area contributed by atoms with Crippen LogP contribution in [-0.4, -0.2) is 16.7 Å². The van der Waals surface area contributed by atoms with E-state index in [0.29, 0.717) is 5.75 Å². The van der Waals surface area contributed by atoms with Crippen molar-refractivity contribution in [2.45, 2.75) is 52.1 Å². The van der Waals surface area contributed by atoms with E-state index in [-0.39, 0.29) is 5.41 Å². The van der Waals surface area contributed by atoms with E-state index in [9.17, 15) is 4.79 Å². The highest BCUT2D eigenvalue weighted by atomic mass is 16.5. The monoisotopic (exact) mass is 250 g/mol. The van der Waals surface area contributed by atoms with Crippen molar-refractivity contribution in [3.63, 3.8) is 0 Å². The van der Waals surface area contributed by atoms with Crippen molar-refractivity contribution in [3.05, 3.63) is 29.8 Å². The predicted molar refractivity (Wildman–Crippen MR) is 72.1 cm³/mol. The van der Waals surface area contributed by atoms with Crippen molar-refractivity contribution in [1.29, 1.82) is 0 Å². The highest BCUT2D eigenvalue weighted by molar-refractivity contribution is 5.76. The van der Waals surface area contributed by atoms with Gasteiger partial charge >= 0.3 is 5.97 Å². The van der Waals surface area contributed by atoms with Crippen LogP contribution in [0, 0.1) is 0 Å². The van der Waals surface area contributed by atoms with Gasteiger partial charge < -0.3 is 9.84 Å². The van der Waals surface area contributed by atoms with Crippen molar-refractivity contribution in [2.24, 2.45) is 0 Å². The summed E-state index contributed by atoms with van der Waals surface area (Å²) in [5.74, 6) is -0.390. The SMILES string of the molecule is CCC(C)(C)c1ccc(OC(C)(C)C(=O)O)cc1. The van der Waals surface area contributed by atoms with E-state index in [1.165, 1.54) is 5.56 Å². The number of benzene rings is 1. The third kappa shape index (κ3) is 3.25. The van der Waals surface area contributed by atoms with Crippen LogP contribution >= 0.6 is 0 Å². The zero-order chi connectivity index (χ0) is 14.0. The molecule has 0 heterocycles. The van der Waals surface area contributed by atoms with Crippen LogP contribution in [0.4, 0.5) is 0 Å². The summed E-state index contributed by atoms with van der Waals surface area (Å²) in [6.45, 7) is 9.60. The molecule has 1 aromatic carbocycles. The molecule has 0 unspecified atom stereocenters. The maximum Gasteiger partial charge on any atom is 0.347 e.